The van der Waals surface area contributed by atoms with Crippen LogP contribution in [-0.4, -0.2) is 22.8 Å². The number of fused-ring (bicyclic) bond motifs is 31. The molecule has 6 heterocycles. The molecule has 0 saturated carbocycles. The molecule has 0 fully saturated rings. The standard InChI is InChI=1S/2C36H23N.C30H20N2.C30H19NO/c1-2-11-25(12-3-1)37-34-19-9-8-17-32(34)36-26(18-10-20-35(36)37)24-21-22-31-29-15-5-4-13-27(29)28-14-6-7-16-30(28)33(31)23-24;1-2-10-26(11-3-1)37-35-17-9-8-16-32(35)34-23-25(19-21-36(34)37)24-18-20-31-29-14-5-4-12-27(29)28-13-6-7-15-30(28)33(31)22-24;1-3-11-21(12-4-1)31-25-17-9-7-15-23(25)29-27(31)19-20-28-30(29)24-16-8-10-18-26(24)32(28)22-13-5-2-6-14-22;1-2-9-21(10-3-1)31-27-15-6-4-11-23(27)26-19-20(17-18-28(26)31)22-13-8-14-25-24-12-5-7-16-29(24)32-30(22)25/h2*1-23H;1-20H;1-19H. The van der Waals surface area contributed by atoms with Gasteiger partial charge in [-0.25, -0.2) is 0 Å². The summed E-state index contributed by atoms with van der Waals surface area (Å²) >= 11 is 0. The maximum Gasteiger partial charge on any atom is 0.143 e. The SMILES string of the molecule is c1ccc(-n2c3ccccc3c3c(-c4ccc5c6ccccc6c6ccccc6c5c4)cccc32)cc1.c1ccc(-n2c3ccccc3c3c4c5ccccc5n(-c5ccccc5)c4ccc32)cc1.c1ccc(-n2c3ccccc3c3cc(-c4ccc5c6ccccc6c6ccccc6c5c4)ccc32)cc1.c1ccc(-n2c3ccccc3c3cc(-c4cccc5c4oc4ccccc45)ccc32)cc1. The van der Waals surface area contributed by atoms with Gasteiger partial charge in [0.25, 0.3) is 0 Å². The van der Waals surface area contributed by atoms with Gasteiger partial charge in [0, 0.05) is 98.6 Å². The highest BCUT2D eigenvalue weighted by Crippen LogP contribution is 2.48. The third-order valence-electron chi connectivity index (χ3n) is 28.4. The van der Waals surface area contributed by atoms with Crippen molar-refractivity contribution in [2.24, 2.45) is 0 Å². The zero-order valence-electron chi connectivity index (χ0n) is 75.2. The fourth-order valence-corrected chi connectivity index (χ4v) is 22.5. The topological polar surface area (TPSA) is 37.8 Å². The van der Waals surface area contributed by atoms with E-state index in [0.29, 0.717) is 0 Å². The van der Waals surface area contributed by atoms with Crippen molar-refractivity contribution in [1.29, 1.82) is 0 Å². The van der Waals surface area contributed by atoms with Crippen molar-refractivity contribution in [2.75, 3.05) is 0 Å². The number of aromatic nitrogens is 5. The Labute approximate surface area is 794 Å². The monoisotopic (exact) mass is 1760 g/mol. The van der Waals surface area contributed by atoms with Gasteiger partial charge in [-0.3, -0.25) is 0 Å². The number of hydrogen-bond acceptors (Lipinski definition) is 1. The molecule has 0 N–H and O–H groups in total. The molecule has 30 aromatic rings. The molecule has 644 valence electrons. The van der Waals surface area contributed by atoms with E-state index >= 15 is 0 Å². The van der Waals surface area contributed by atoms with Crippen LogP contribution in [0, 0.1) is 0 Å². The van der Waals surface area contributed by atoms with Crippen LogP contribution in [0.5, 0.6) is 0 Å². The number of para-hydroxylation sites is 12. The highest BCUT2D eigenvalue weighted by atomic mass is 16.3. The molecule has 138 heavy (non-hydrogen) atoms. The van der Waals surface area contributed by atoms with Gasteiger partial charge in [0.15, 0.2) is 0 Å². The predicted octanol–water partition coefficient (Wildman–Crippen LogP) is 36.1. The summed E-state index contributed by atoms with van der Waals surface area (Å²) in [6.07, 6.45) is 0. The van der Waals surface area contributed by atoms with Crippen LogP contribution in [0.15, 0.2) is 520 Å². The Morgan fingerprint density at radius 1 is 0.123 bits per heavy atom. The van der Waals surface area contributed by atoms with Crippen LogP contribution in [0.25, 0.3) is 257 Å². The summed E-state index contributed by atoms with van der Waals surface area (Å²) in [5.74, 6) is 0. The first kappa shape index (κ1) is 79.4. The third-order valence-corrected chi connectivity index (χ3v) is 28.4. The quantitative estimate of drug-likeness (QED) is 0.140. The van der Waals surface area contributed by atoms with E-state index in [2.05, 4.69) is 526 Å². The number of furan rings is 1. The lowest BCUT2D eigenvalue weighted by Crippen LogP contribution is -1.94. The molecule has 6 aromatic heterocycles. The van der Waals surface area contributed by atoms with E-state index in [1.807, 2.05) is 12.1 Å². The minimum Gasteiger partial charge on any atom is -0.455 e. The highest BCUT2D eigenvalue weighted by Gasteiger charge is 2.25. The van der Waals surface area contributed by atoms with Gasteiger partial charge in [-0.05, 0) is 244 Å². The number of hydrogen-bond donors (Lipinski definition) is 0. The lowest BCUT2D eigenvalue weighted by molar-refractivity contribution is 0.670. The van der Waals surface area contributed by atoms with Gasteiger partial charge in [0.05, 0.1) is 55.2 Å². The van der Waals surface area contributed by atoms with Gasteiger partial charge in [0.1, 0.15) is 11.2 Å². The summed E-state index contributed by atoms with van der Waals surface area (Å²) in [4.78, 5) is 0. The van der Waals surface area contributed by atoms with Crippen molar-refractivity contribution in [2.45, 2.75) is 0 Å². The molecular formula is C132H85N5O. The van der Waals surface area contributed by atoms with E-state index < -0.39 is 0 Å². The second-order valence-electron chi connectivity index (χ2n) is 35.9. The van der Waals surface area contributed by atoms with Gasteiger partial charge >= 0.3 is 0 Å². The second-order valence-corrected chi connectivity index (χ2v) is 35.9. The molecule has 0 bridgehead atoms. The lowest BCUT2D eigenvalue weighted by atomic mass is 9.91. The molecule has 6 heteroatoms. The summed E-state index contributed by atoms with van der Waals surface area (Å²) in [5, 5.41) is 30.8. The predicted molar refractivity (Wildman–Crippen MR) is 586 cm³/mol. The molecule has 0 unspecified atom stereocenters. The van der Waals surface area contributed by atoms with E-state index in [0.717, 1.165) is 33.1 Å². The van der Waals surface area contributed by atoms with Crippen molar-refractivity contribution in [3.05, 3.63) is 516 Å². The van der Waals surface area contributed by atoms with Gasteiger partial charge < -0.3 is 27.3 Å². The van der Waals surface area contributed by atoms with Gasteiger partial charge in [-0.2, -0.15) is 0 Å². The van der Waals surface area contributed by atoms with E-state index in [9.17, 15) is 0 Å². The molecule has 0 aliphatic heterocycles. The molecule has 0 spiro atoms. The maximum atomic E-state index is 6.31. The molecular weight excluding hydrogens is 1670 g/mol. The Kier molecular flexibility index (Phi) is 18.9. The summed E-state index contributed by atoms with van der Waals surface area (Å²) < 4.78 is 18.2. The molecule has 0 aliphatic rings. The highest BCUT2D eigenvalue weighted by molar-refractivity contribution is 6.31. The van der Waals surface area contributed by atoms with Crippen LogP contribution in [0.2, 0.25) is 0 Å². The number of rotatable bonds is 8. The normalized spacial score (nSPS) is 11.8. The van der Waals surface area contributed by atoms with Crippen LogP contribution in [0.4, 0.5) is 0 Å². The van der Waals surface area contributed by atoms with Crippen molar-refractivity contribution in [3.8, 4) is 61.8 Å². The Morgan fingerprint density at radius 2 is 0.355 bits per heavy atom. The molecule has 0 atom stereocenters. The van der Waals surface area contributed by atoms with E-state index in [1.165, 1.54) is 224 Å². The fraction of sp³-hybridized carbons (Fsp3) is 0. The number of nitrogens with zero attached hydrogens (tertiary/aromatic N) is 5. The molecule has 0 amide bonds. The second kappa shape index (κ2) is 32.8. The Bertz CT molecular complexity index is 9890. The van der Waals surface area contributed by atoms with Crippen molar-refractivity contribution >= 4 is 196 Å². The molecule has 0 aliphatic carbocycles. The molecule has 24 aromatic carbocycles. The Hall–Kier alpha value is -18.4. The lowest BCUT2D eigenvalue weighted by Gasteiger charge is -2.13. The van der Waals surface area contributed by atoms with Crippen LogP contribution >= 0.6 is 0 Å². The van der Waals surface area contributed by atoms with Crippen LogP contribution in [-0.2, 0) is 0 Å². The molecule has 30 rings (SSSR count). The summed E-state index contributed by atoms with van der Waals surface area (Å²) in [6, 6.07) is 185. The van der Waals surface area contributed by atoms with Crippen molar-refractivity contribution in [3.63, 3.8) is 0 Å². The van der Waals surface area contributed by atoms with Crippen molar-refractivity contribution in [1.82, 2.24) is 22.8 Å². The van der Waals surface area contributed by atoms with Gasteiger partial charge in [-0.15, -0.1) is 0 Å². The average molecular weight is 1760 g/mol. The minimum atomic E-state index is 0.928. The van der Waals surface area contributed by atoms with E-state index in [4.69, 9.17) is 4.42 Å². The molecule has 6 nitrogen and oxygen atoms in total. The summed E-state index contributed by atoms with van der Waals surface area (Å²) in [6.45, 7) is 0. The maximum absolute atomic E-state index is 6.31. The number of benzene rings is 24. The van der Waals surface area contributed by atoms with Gasteiger partial charge in [-0.1, -0.05) is 364 Å². The Morgan fingerprint density at radius 3 is 0.768 bits per heavy atom. The minimum absolute atomic E-state index is 0.928. The molecule has 0 radical (unpaired) electrons. The van der Waals surface area contributed by atoms with Crippen LogP contribution in [0.3, 0.4) is 0 Å². The fourth-order valence-electron chi connectivity index (χ4n) is 22.5. The first-order chi connectivity index (χ1) is 68.5. The zero-order valence-corrected chi connectivity index (χ0v) is 75.2. The van der Waals surface area contributed by atoms with Gasteiger partial charge in [0.2, 0.25) is 0 Å². The molecule has 0 saturated heterocycles. The van der Waals surface area contributed by atoms with E-state index in [1.54, 1.807) is 0 Å². The third kappa shape index (κ3) is 12.9. The van der Waals surface area contributed by atoms with Crippen molar-refractivity contribution < 1.29 is 4.42 Å². The van der Waals surface area contributed by atoms with Crippen LogP contribution in [0.1, 0.15) is 0 Å². The first-order valence-electron chi connectivity index (χ1n) is 47.4. The zero-order chi connectivity index (χ0) is 90.8. The Balaban J connectivity index is 0.0000000930. The first-order valence-corrected chi connectivity index (χ1v) is 47.4. The summed E-state index contributed by atoms with van der Waals surface area (Å²) in [7, 11) is 0. The smallest absolute Gasteiger partial charge is 0.143 e. The largest absolute Gasteiger partial charge is 0.455 e. The average Bonchev–Trinajstić information content (AvgIpc) is 1.56. The van der Waals surface area contributed by atoms with E-state index in [-0.39, 0.29) is 0 Å². The summed E-state index contributed by atoms with van der Waals surface area (Å²) in [5.41, 5.74) is 27.3. The van der Waals surface area contributed by atoms with Crippen LogP contribution < -0.4 is 0 Å².